The van der Waals surface area contributed by atoms with Crippen LogP contribution in [0.2, 0.25) is 0 Å². The number of pyridine rings is 1. The monoisotopic (exact) mass is 306 g/mol. The highest BCUT2D eigenvalue weighted by molar-refractivity contribution is 7.99. The minimum Gasteiger partial charge on any atom is -0.476 e. The van der Waals surface area contributed by atoms with Crippen LogP contribution in [0.4, 0.5) is 5.69 Å². The van der Waals surface area contributed by atoms with E-state index in [2.05, 4.69) is 34.4 Å². The molecule has 0 spiro atoms. The zero-order valence-electron chi connectivity index (χ0n) is 12.1. The lowest BCUT2D eigenvalue weighted by Gasteiger charge is -2.10. The highest BCUT2D eigenvalue weighted by Crippen LogP contribution is 2.38. The van der Waals surface area contributed by atoms with Crippen molar-refractivity contribution in [2.24, 2.45) is 5.92 Å². The van der Waals surface area contributed by atoms with Crippen LogP contribution in [0.1, 0.15) is 32.7 Å². The van der Waals surface area contributed by atoms with Crippen molar-refractivity contribution >= 4 is 17.4 Å². The van der Waals surface area contributed by atoms with E-state index in [1.807, 2.05) is 10.7 Å². The molecule has 1 saturated carbocycles. The number of anilines is 1. The van der Waals surface area contributed by atoms with Crippen LogP contribution in [0, 0.1) is 5.92 Å². The topological polar surface area (TPSA) is 91.7 Å². The molecule has 21 heavy (non-hydrogen) atoms. The third-order valence-electron chi connectivity index (χ3n) is 2.97. The van der Waals surface area contributed by atoms with Gasteiger partial charge in [-0.2, -0.15) is 0 Å². The second-order valence-electron chi connectivity index (χ2n) is 5.49. The van der Waals surface area contributed by atoms with Crippen molar-refractivity contribution in [1.29, 1.82) is 0 Å². The Morgan fingerprint density at radius 1 is 1.43 bits per heavy atom. The lowest BCUT2D eigenvalue weighted by molar-refractivity contribution is 0.261. The molecule has 1 fully saturated rings. The summed E-state index contributed by atoms with van der Waals surface area (Å²) >= 11 is 1.43. The van der Waals surface area contributed by atoms with Crippen LogP contribution in [0.3, 0.4) is 0 Å². The number of hydrogen-bond donors (Lipinski definition) is 1. The molecule has 0 radical (unpaired) electrons. The van der Waals surface area contributed by atoms with Gasteiger partial charge >= 0.3 is 0 Å². The molecular weight excluding hydrogens is 288 g/mol. The minimum atomic E-state index is 0.421. The molecule has 3 rings (SSSR count). The molecule has 2 aromatic heterocycles. The first-order valence-corrected chi connectivity index (χ1v) is 7.80. The Hall–Kier alpha value is -1.83. The van der Waals surface area contributed by atoms with Crippen LogP contribution < -0.4 is 10.5 Å². The second-order valence-corrected chi connectivity index (χ2v) is 6.48. The van der Waals surface area contributed by atoms with E-state index in [1.165, 1.54) is 11.8 Å². The molecule has 1 aliphatic rings. The third kappa shape index (κ3) is 3.44. The smallest absolute Gasteiger partial charge is 0.238 e. The van der Waals surface area contributed by atoms with Crippen molar-refractivity contribution in [3.63, 3.8) is 0 Å². The first-order valence-electron chi connectivity index (χ1n) is 6.98. The second kappa shape index (κ2) is 5.88. The van der Waals surface area contributed by atoms with Crippen molar-refractivity contribution in [2.75, 3.05) is 12.3 Å². The van der Waals surface area contributed by atoms with Gasteiger partial charge in [-0.3, -0.25) is 0 Å². The summed E-state index contributed by atoms with van der Waals surface area (Å²) in [5.41, 5.74) is 6.44. The molecule has 1 aliphatic carbocycles. The Balaban J connectivity index is 1.75. The Bertz CT molecular complexity index is 625. The van der Waals surface area contributed by atoms with E-state index in [4.69, 9.17) is 10.5 Å². The summed E-state index contributed by atoms with van der Waals surface area (Å²) in [7, 11) is 0. The zero-order chi connectivity index (χ0) is 14.8. The van der Waals surface area contributed by atoms with E-state index >= 15 is 0 Å². The highest BCUT2D eigenvalue weighted by Gasteiger charge is 2.28. The Labute approximate surface area is 127 Å². The number of rotatable bonds is 6. The lowest BCUT2D eigenvalue weighted by atomic mass is 10.2. The van der Waals surface area contributed by atoms with Gasteiger partial charge in [0, 0.05) is 0 Å². The fourth-order valence-corrected chi connectivity index (χ4v) is 2.55. The number of ether oxygens (including phenoxy) is 1. The summed E-state index contributed by atoms with van der Waals surface area (Å²) in [6, 6.07) is 4.10. The quantitative estimate of drug-likeness (QED) is 0.874. The van der Waals surface area contributed by atoms with Crippen LogP contribution in [0.5, 0.6) is 5.88 Å². The first kappa shape index (κ1) is 14.1. The predicted molar refractivity (Wildman–Crippen MR) is 79.2 cm³/mol. The number of nitrogens with zero attached hydrogens (tertiary/aromatic N) is 5. The molecular formula is C13H18N6OS. The summed E-state index contributed by atoms with van der Waals surface area (Å²) in [6.45, 7) is 4.75. The Morgan fingerprint density at radius 3 is 2.95 bits per heavy atom. The Kier molecular flexibility index (Phi) is 3.96. The zero-order valence-corrected chi connectivity index (χ0v) is 12.9. The van der Waals surface area contributed by atoms with Crippen molar-refractivity contribution in [2.45, 2.75) is 42.9 Å². The standard InChI is InChI=1S/C13H18N6OS/c1-8(2)7-20-12-10(14)5-6-11(15-12)21-13-16-17-18-19(13)9-3-4-9/h5-6,8-9H,3-4,7,14H2,1-2H3. The van der Waals surface area contributed by atoms with E-state index < -0.39 is 0 Å². The minimum absolute atomic E-state index is 0.421. The molecule has 0 saturated heterocycles. The van der Waals surface area contributed by atoms with Crippen LogP contribution in [0.15, 0.2) is 22.3 Å². The van der Waals surface area contributed by atoms with Crippen molar-refractivity contribution in [3.8, 4) is 5.88 Å². The number of hydrogen-bond acceptors (Lipinski definition) is 7. The van der Waals surface area contributed by atoms with Crippen LogP contribution in [-0.4, -0.2) is 31.8 Å². The van der Waals surface area contributed by atoms with E-state index in [0.29, 0.717) is 30.1 Å². The van der Waals surface area contributed by atoms with E-state index in [-0.39, 0.29) is 0 Å². The van der Waals surface area contributed by atoms with Crippen molar-refractivity contribution in [1.82, 2.24) is 25.2 Å². The molecule has 2 aromatic rings. The summed E-state index contributed by atoms with van der Waals surface area (Å²) in [6.07, 6.45) is 2.27. The maximum absolute atomic E-state index is 5.89. The van der Waals surface area contributed by atoms with Gasteiger partial charge in [0.1, 0.15) is 5.03 Å². The number of nitrogen functional groups attached to an aromatic ring is 1. The average Bonchev–Trinajstić information content (AvgIpc) is 3.20. The molecule has 0 unspecified atom stereocenters. The lowest BCUT2D eigenvalue weighted by Crippen LogP contribution is -2.08. The fourth-order valence-electron chi connectivity index (χ4n) is 1.75. The van der Waals surface area contributed by atoms with Crippen LogP contribution in [-0.2, 0) is 0 Å². The van der Waals surface area contributed by atoms with Gasteiger partial charge < -0.3 is 10.5 Å². The summed E-state index contributed by atoms with van der Waals surface area (Å²) in [4.78, 5) is 4.45. The number of aromatic nitrogens is 5. The molecule has 8 heteroatoms. The van der Waals surface area contributed by atoms with Gasteiger partial charge in [0.15, 0.2) is 0 Å². The maximum Gasteiger partial charge on any atom is 0.238 e. The fraction of sp³-hybridized carbons (Fsp3) is 0.538. The molecule has 7 nitrogen and oxygen atoms in total. The van der Waals surface area contributed by atoms with Gasteiger partial charge in [0.2, 0.25) is 11.0 Å². The SMILES string of the molecule is CC(C)COc1nc(Sc2nnnn2C2CC2)ccc1N. The van der Waals surface area contributed by atoms with Crippen molar-refractivity contribution < 1.29 is 4.74 Å². The largest absolute Gasteiger partial charge is 0.476 e. The molecule has 0 atom stereocenters. The summed E-state index contributed by atoms with van der Waals surface area (Å²) in [5, 5.41) is 13.3. The normalized spacial score (nSPS) is 14.6. The molecule has 0 aromatic carbocycles. The average molecular weight is 306 g/mol. The molecule has 0 aliphatic heterocycles. The number of tetrazole rings is 1. The molecule has 2 N–H and O–H groups in total. The van der Waals surface area contributed by atoms with Gasteiger partial charge in [-0.15, -0.1) is 5.10 Å². The Morgan fingerprint density at radius 2 is 2.24 bits per heavy atom. The maximum atomic E-state index is 5.89. The van der Waals surface area contributed by atoms with Gasteiger partial charge in [-0.25, -0.2) is 9.67 Å². The van der Waals surface area contributed by atoms with Crippen LogP contribution >= 0.6 is 11.8 Å². The molecule has 0 bridgehead atoms. The van der Waals surface area contributed by atoms with E-state index in [0.717, 1.165) is 23.0 Å². The van der Waals surface area contributed by atoms with E-state index in [1.54, 1.807) is 6.07 Å². The van der Waals surface area contributed by atoms with Crippen molar-refractivity contribution in [3.05, 3.63) is 12.1 Å². The first-order chi connectivity index (χ1) is 10.1. The third-order valence-corrected chi connectivity index (χ3v) is 3.86. The summed E-state index contributed by atoms with van der Waals surface area (Å²) < 4.78 is 7.50. The van der Waals surface area contributed by atoms with Gasteiger partial charge in [0.05, 0.1) is 18.3 Å². The van der Waals surface area contributed by atoms with Gasteiger partial charge in [-0.05, 0) is 53.1 Å². The van der Waals surface area contributed by atoms with Crippen LogP contribution in [0.25, 0.3) is 0 Å². The van der Waals surface area contributed by atoms with Gasteiger partial charge in [0.25, 0.3) is 0 Å². The number of nitrogens with two attached hydrogens (primary N) is 1. The summed E-state index contributed by atoms with van der Waals surface area (Å²) in [5.74, 6) is 0.892. The molecule has 2 heterocycles. The molecule has 112 valence electrons. The van der Waals surface area contributed by atoms with Gasteiger partial charge in [-0.1, -0.05) is 13.8 Å². The molecule has 0 amide bonds. The predicted octanol–water partition coefficient (Wildman–Crippen LogP) is 2.17. The van der Waals surface area contributed by atoms with E-state index in [9.17, 15) is 0 Å². The highest BCUT2D eigenvalue weighted by atomic mass is 32.2.